The van der Waals surface area contributed by atoms with Gasteiger partial charge in [-0.2, -0.15) is 0 Å². The summed E-state index contributed by atoms with van der Waals surface area (Å²) in [6.45, 7) is 8.70. The monoisotopic (exact) mass is 452 g/mol. The van der Waals surface area contributed by atoms with Crippen molar-refractivity contribution in [2.45, 2.75) is 52.6 Å². The molecular formula is C29H32N4O. The molecule has 2 aromatic carbocycles. The molecular weight excluding hydrogens is 420 g/mol. The molecule has 5 nitrogen and oxygen atoms in total. The smallest absolute Gasteiger partial charge is 0.178 e. The van der Waals surface area contributed by atoms with Crippen molar-refractivity contribution >= 4 is 40.0 Å². The van der Waals surface area contributed by atoms with Gasteiger partial charge in [-0.15, -0.1) is 0 Å². The van der Waals surface area contributed by atoms with E-state index in [1.807, 2.05) is 54.6 Å². The summed E-state index contributed by atoms with van der Waals surface area (Å²) in [6.07, 6.45) is 12.6. The molecule has 0 aliphatic rings. The Morgan fingerprint density at radius 3 is 1.79 bits per heavy atom. The second-order valence-corrected chi connectivity index (χ2v) is 8.63. The lowest BCUT2D eigenvalue weighted by Crippen LogP contribution is -2.06. The summed E-state index contributed by atoms with van der Waals surface area (Å²) in [6, 6.07) is 16.9. The fourth-order valence-electron chi connectivity index (χ4n) is 4.16. The highest BCUT2D eigenvalue weighted by molar-refractivity contribution is 6.02. The Labute approximate surface area is 201 Å². The van der Waals surface area contributed by atoms with Crippen LogP contribution in [0.4, 0.5) is 0 Å². The maximum absolute atomic E-state index is 12.5. The van der Waals surface area contributed by atoms with E-state index < -0.39 is 0 Å². The number of aromatic nitrogens is 4. The van der Waals surface area contributed by atoms with Gasteiger partial charge in [0.1, 0.15) is 11.6 Å². The molecule has 0 bridgehead atoms. The minimum absolute atomic E-state index is 0.0807. The summed E-state index contributed by atoms with van der Waals surface area (Å²) in [4.78, 5) is 22.0. The fourth-order valence-corrected chi connectivity index (χ4v) is 4.16. The molecule has 2 atom stereocenters. The first kappa shape index (κ1) is 23.4. The molecule has 0 aliphatic heterocycles. The summed E-state index contributed by atoms with van der Waals surface area (Å²) in [7, 11) is 0. The number of allylic oxidation sites excluding steroid dienone is 4. The van der Waals surface area contributed by atoms with Gasteiger partial charge in [-0.25, -0.2) is 9.97 Å². The predicted molar refractivity (Wildman–Crippen MR) is 142 cm³/mol. The molecule has 0 fully saturated rings. The number of rotatable bonds is 9. The van der Waals surface area contributed by atoms with Gasteiger partial charge in [0.05, 0.1) is 22.1 Å². The maximum atomic E-state index is 12.5. The van der Waals surface area contributed by atoms with Gasteiger partial charge >= 0.3 is 0 Å². The minimum Gasteiger partial charge on any atom is -0.322 e. The Hall–Kier alpha value is -3.73. The maximum Gasteiger partial charge on any atom is 0.178 e. The van der Waals surface area contributed by atoms with Gasteiger partial charge in [-0.1, -0.05) is 50.3 Å². The highest BCUT2D eigenvalue weighted by Crippen LogP contribution is 2.25. The number of imidazole rings is 2. The van der Waals surface area contributed by atoms with Crippen molar-refractivity contribution in [3.8, 4) is 0 Å². The highest BCUT2D eigenvalue weighted by Gasteiger charge is 2.13. The first-order valence-corrected chi connectivity index (χ1v) is 12.0. The first-order chi connectivity index (χ1) is 16.5. The van der Waals surface area contributed by atoms with E-state index in [9.17, 15) is 4.79 Å². The largest absolute Gasteiger partial charge is 0.322 e. The first-order valence-electron chi connectivity index (χ1n) is 12.0. The quantitative estimate of drug-likeness (QED) is 0.200. The van der Waals surface area contributed by atoms with Crippen LogP contribution in [0.5, 0.6) is 0 Å². The molecule has 0 radical (unpaired) electrons. The van der Waals surface area contributed by atoms with E-state index in [0.29, 0.717) is 12.1 Å². The van der Waals surface area contributed by atoms with Crippen LogP contribution < -0.4 is 0 Å². The normalized spacial score (nSPS) is 14.2. The van der Waals surface area contributed by atoms with Crippen molar-refractivity contribution in [1.82, 2.24) is 19.1 Å². The number of fused-ring (bicyclic) bond motifs is 2. The van der Waals surface area contributed by atoms with Gasteiger partial charge in [0.25, 0.3) is 0 Å². The standard InChI is InChI=1S/C29H32N4O/c1-5-21(3)32-26-16-10-8-14-24(26)30-28(32)18-12-7-13-23(34)19-20-29-31-25-15-9-11-17-27(25)33(29)22(4)6-2/h7-22H,5-6H2,1-4H3/b13-7+,18-12+,20-19+. The molecule has 4 aromatic rings. The summed E-state index contributed by atoms with van der Waals surface area (Å²) in [5.74, 6) is 1.61. The Kier molecular flexibility index (Phi) is 7.21. The molecule has 34 heavy (non-hydrogen) atoms. The van der Waals surface area contributed by atoms with Gasteiger partial charge in [0.15, 0.2) is 5.78 Å². The van der Waals surface area contributed by atoms with Crippen LogP contribution in [0.15, 0.2) is 72.8 Å². The van der Waals surface area contributed by atoms with Crippen molar-refractivity contribution in [3.05, 3.63) is 84.5 Å². The number of para-hydroxylation sites is 4. The Balaban J connectivity index is 1.52. The summed E-state index contributed by atoms with van der Waals surface area (Å²) < 4.78 is 4.45. The lowest BCUT2D eigenvalue weighted by atomic mass is 10.2. The van der Waals surface area contributed by atoms with Gasteiger partial charge in [0.2, 0.25) is 0 Å². The third kappa shape index (κ3) is 4.79. The number of nitrogens with zero attached hydrogens (tertiary/aromatic N) is 4. The molecule has 0 aliphatic carbocycles. The van der Waals surface area contributed by atoms with E-state index in [0.717, 1.165) is 46.6 Å². The van der Waals surface area contributed by atoms with Gasteiger partial charge in [-0.05, 0) is 75.3 Å². The van der Waals surface area contributed by atoms with Gasteiger partial charge in [-0.3, -0.25) is 4.79 Å². The molecule has 2 heterocycles. The number of hydrogen-bond acceptors (Lipinski definition) is 3. The van der Waals surface area contributed by atoms with Gasteiger partial charge < -0.3 is 9.13 Å². The summed E-state index contributed by atoms with van der Waals surface area (Å²) >= 11 is 0. The number of hydrogen-bond donors (Lipinski definition) is 0. The van der Waals surface area contributed by atoms with Crippen LogP contribution in [0.2, 0.25) is 0 Å². The molecule has 174 valence electrons. The Morgan fingerprint density at radius 1 is 0.765 bits per heavy atom. The van der Waals surface area contributed by atoms with Gasteiger partial charge in [0, 0.05) is 12.1 Å². The average molecular weight is 453 g/mol. The second kappa shape index (κ2) is 10.5. The van der Waals surface area contributed by atoms with Crippen molar-refractivity contribution in [3.63, 3.8) is 0 Å². The van der Waals surface area contributed by atoms with E-state index in [-0.39, 0.29) is 5.78 Å². The van der Waals surface area contributed by atoms with Crippen molar-refractivity contribution in [1.29, 1.82) is 0 Å². The topological polar surface area (TPSA) is 52.7 Å². The Morgan fingerprint density at radius 2 is 1.26 bits per heavy atom. The predicted octanol–water partition coefficient (Wildman–Crippen LogP) is 7.18. The number of carbonyl (C=O) groups excluding carboxylic acids is 1. The molecule has 2 aromatic heterocycles. The summed E-state index contributed by atoms with van der Waals surface area (Å²) in [5, 5.41) is 0. The van der Waals surface area contributed by atoms with E-state index in [4.69, 9.17) is 9.97 Å². The van der Waals surface area contributed by atoms with Crippen LogP contribution in [-0.2, 0) is 4.79 Å². The molecule has 0 saturated carbocycles. The van der Waals surface area contributed by atoms with E-state index in [2.05, 4.69) is 49.0 Å². The van der Waals surface area contributed by atoms with Crippen LogP contribution in [-0.4, -0.2) is 24.9 Å². The zero-order chi connectivity index (χ0) is 24.1. The van der Waals surface area contributed by atoms with Crippen LogP contribution >= 0.6 is 0 Å². The third-order valence-corrected chi connectivity index (χ3v) is 6.32. The molecule has 5 heteroatoms. The van der Waals surface area contributed by atoms with E-state index in [1.54, 1.807) is 18.2 Å². The molecule has 0 saturated heterocycles. The number of ketones is 1. The molecule has 0 N–H and O–H groups in total. The van der Waals surface area contributed by atoms with Crippen LogP contribution in [0, 0.1) is 0 Å². The zero-order valence-electron chi connectivity index (χ0n) is 20.3. The third-order valence-electron chi connectivity index (χ3n) is 6.32. The Bertz CT molecular complexity index is 1390. The molecule has 2 unspecified atom stereocenters. The zero-order valence-corrected chi connectivity index (χ0v) is 20.3. The van der Waals surface area contributed by atoms with E-state index in [1.165, 1.54) is 0 Å². The second-order valence-electron chi connectivity index (χ2n) is 8.63. The lowest BCUT2D eigenvalue weighted by Gasteiger charge is -2.14. The number of carbonyl (C=O) groups is 1. The van der Waals surface area contributed by atoms with Crippen molar-refractivity contribution < 1.29 is 4.79 Å². The SMILES string of the molecule is CCC(C)n1c(/C=C/C=C/C(=O)/C=C/c2nc3ccccc3n2C(C)CC)nc2ccccc21. The minimum atomic E-state index is -0.0807. The number of benzene rings is 2. The summed E-state index contributed by atoms with van der Waals surface area (Å²) in [5.41, 5.74) is 4.14. The lowest BCUT2D eigenvalue weighted by molar-refractivity contribution is -0.110. The van der Waals surface area contributed by atoms with Crippen LogP contribution in [0.3, 0.4) is 0 Å². The molecule has 4 rings (SSSR count). The molecule has 0 amide bonds. The molecule has 0 spiro atoms. The average Bonchev–Trinajstić information content (AvgIpc) is 3.42. The van der Waals surface area contributed by atoms with Crippen molar-refractivity contribution in [2.75, 3.05) is 0 Å². The van der Waals surface area contributed by atoms with Crippen LogP contribution in [0.25, 0.3) is 34.2 Å². The highest BCUT2D eigenvalue weighted by atomic mass is 16.1. The van der Waals surface area contributed by atoms with Crippen LogP contribution in [0.1, 0.15) is 64.3 Å². The van der Waals surface area contributed by atoms with E-state index >= 15 is 0 Å². The fraction of sp³-hybridized carbons (Fsp3) is 0.276. The van der Waals surface area contributed by atoms with Crippen molar-refractivity contribution in [2.24, 2.45) is 0 Å².